The molecule has 2 N–H and O–H groups in total. The number of hydrogen-bond donors (Lipinski definition) is 1. The lowest BCUT2D eigenvalue weighted by atomic mass is 9.96. The van der Waals surface area contributed by atoms with Gasteiger partial charge in [-0.25, -0.2) is 4.98 Å². The van der Waals surface area contributed by atoms with Crippen LogP contribution >= 0.6 is 11.5 Å². The average Bonchev–Trinajstić information content (AvgIpc) is 2.57. The van der Waals surface area contributed by atoms with Gasteiger partial charge in [0.05, 0.1) is 0 Å². The van der Waals surface area contributed by atoms with Crippen molar-refractivity contribution in [3.63, 3.8) is 0 Å². The molecule has 0 aliphatic carbocycles. The lowest BCUT2D eigenvalue weighted by molar-refractivity contribution is -0.0281. The number of ether oxygens (including phenoxy) is 1. The quantitative estimate of drug-likeness (QED) is 0.806. The van der Waals surface area contributed by atoms with Crippen LogP contribution in [-0.2, 0) is 10.3 Å². The van der Waals surface area contributed by atoms with Crippen LogP contribution in [0.25, 0.3) is 0 Å². The maximum Gasteiger partial charge on any atom is 0.200 e. The lowest BCUT2D eigenvalue weighted by Gasteiger charge is -2.26. The summed E-state index contributed by atoms with van der Waals surface area (Å²) in [6.45, 7) is 4.12. The van der Waals surface area contributed by atoms with Gasteiger partial charge in [-0.05, 0) is 12.8 Å². The first-order valence-corrected chi connectivity index (χ1v) is 5.10. The molecule has 4 nitrogen and oxygen atoms in total. The largest absolute Gasteiger partial charge is 0.374 e. The van der Waals surface area contributed by atoms with Crippen molar-refractivity contribution >= 4 is 16.7 Å². The molecule has 5 heteroatoms. The van der Waals surface area contributed by atoms with Crippen LogP contribution in [-0.4, -0.2) is 16.5 Å². The Morgan fingerprint density at radius 3 is 2.38 bits per heavy atom. The first-order valence-electron chi connectivity index (χ1n) is 4.33. The molecule has 13 heavy (non-hydrogen) atoms. The van der Waals surface area contributed by atoms with Crippen LogP contribution in [0.5, 0.6) is 0 Å². The number of hydrogen-bond acceptors (Lipinski definition) is 5. The van der Waals surface area contributed by atoms with Crippen molar-refractivity contribution in [1.82, 2.24) is 9.36 Å². The molecule has 0 radical (unpaired) electrons. The van der Waals surface area contributed by atoms with E-state index >= 15 is 0 Å². The fourth-order valence-corrected chi connectivity index (χ4v) is 1.88. The number of nitrogen functional groups attached to an aromatic ring is 1. The van der Waals surface area contributed by atoms with E-state index in [1.165, 1.54) is 11.5 Å². The van der Waals surface area contributed by atoms with Gasteiger partial charge in [0.1, 0.15) is 5.60 Å². The highest BCUT2D eigenvalue weighted by Crippen LogP contribution is 2.31. The van der Waals surface area contributed by atoms with Crippen molar-refractivity contribution in [3.05, 3.63) is 5.82 Å². The van der Waals surface area contributed by atoms with Crippen molar-refractivity contribution in [2.45, 2.75) is 32.3 Å². The van der Waals surface area contributed by atoms with E-state index in [0.29, 0.717) is 11.0 Å². The van der Waals surface area contributed by atoms with Crippen molar-refractivity contribution < 1.29 is 4.74 Å². The standard InChI is InChI=1S/C8H15N3OS/c1-4-8(5-2,12-3)6-10-7(9)13-11-6/h4-5H2,1-3H3,(H2,9,10,11). The average molecular weight is 201 g/mol. The summed E-state index contributed by atoms with van der Waals surface area (Å²) in [6, 6.07) is 0. The zero-order chi connectivity index (χ0) is 9.90. The SMILES string of the molecule is CCC(CC)(OC)c1nsc(N)n1. The number of nitrogens with zero attached hydrogens (tertiary/aromatic N) is 2. The molecule has 0 aromatic carbocycles. The van der Waals surface area contributed by atoms with Gasteiger partial charge in [-0.3, -0.25) is 0 Å². The van der Waals surface area contributed by atoms with E-state index in [-0.39, 0.29) is 5.60 Å². The van der Waals surface area contributed by atoms with E-state index in [1.807, 2.05) is 0 Å². The number of anilines is 1. The molecule has 0 aliphatic heterocycles. The predicted octanol–water partition coefficient (Wildman–Crippen LogP) is 1.78. The highest BCUT2D eigenvalue weighted by Gasteiger charge is 2.32. The van der Waals surface area contributed by atoms with Crippen LogP contribution < -0.4 is 5.73 Å². The summed E-state index contributed by atoms with van der Waals surface area (Å²) in [4.78, 5) is 4.16. The van der Waals surface area contributed by atoms with Gasteiger partial charge in [0, 0.05) is 18.6 Å². The second-order valence-corrected chi connectivity index (χ2v) is 3.65. The van der Waals surface area contributed by atoms with Crippen molar-refractivity contribution in [3.8, 4) is 0 Å². The van der Waals surface area contributed by atoms with Crippen molar-refractivity contribution in [1.29, 1.82) is 0 Å². The Kier molecular flexibility index (Phi) is 3.22. The Hall–Kier alpha value is -0.680. The number of methoxy groups -OCH3 is 1. The summed E-state index contributed by atoms with van der Waals surface area (Å²) in [7, 11) is 1.68. The Balaban J connectivity index is 3.00. The summed E-state index contributed by atoms with van der Waals surface area (Å²) in [6.07, 6.45) is 1.71. The van der Waals surface area contributed by atoms with E-state index in [2.05, 4.69) is 23.2 Å². The molecular formula is C8H15N3OS. The third-order valence-corrected chi connectivity index (χ3v) is 2.92. The van der Waals surface area contributed by atoms with Crippen LogP contribution in [0, 0.1) is 0 Å². The summed E-state index contributed by atoms with van der Waals surface area (Å²) in [5, 5.41) is 0.498. The van der Waals surface area contributed by atoms with Crippen LogP contribution in [0.4, 0.5) is 5.13 Å². The van der Waals surface area contributed by atoms with Crippen LogP contribution in [0.3, 0.4) is 0 Å². The number of aromatic nitrogens is 2. The molecule has 0 saturated carbocycles. The Morgan fingerprint density at radius 1 is 1.46 bits per heavy atom. The fourth-order valence-electron chi connectivity index (χ4n) is 1.37. The maximum absolute atomic E-state index is 5.53. The Bertz CT molecular complexity index is 262. The highest BCUT2D eigenvalue weighted by atomic mass is 32.1. The first-order chi connectivity index (χ1) is 6.18. The molecule has 0 fully saturated rings. The van der Waals surface area contributed by atoms with E-state index in [9.17, 15) is 0 Å². The number of rotatable bonds is 4. The molecule has 0 saturated heterocycles. The molecule has 0 aliphatic rings. The Morgan fingerprint density at radius 2 is 2.08 bits per heavy atom. The molecule has 1 aromatic heterocycles. The molecule has 0 atom stereocenters. The van der Waals surface area contributed by atoms with E-state index < -0.39 is 0 Å². The molecule has 0 bridgehead atoms. The zero-order valence-corrected chi connectivity index (χ0v) is 9.02. The van der Waals surface area contributed by atoms with E-state index in [0.717, 1.165) is 12.8 Å². The summed E-state index contributed by atoms with van der Waals surface area (Å²) < 4.78 is 9.64. The third kappa shape index (κ3) is 1.81. The minimum Gasteiger partial charge on any atom is -0.374 e. The van der Waals surface area contributed by atoms with Gasteiger partial charge < -0.3 is 10.5 Å². The molecule has 1 heterocycles. The maximum atomic E-state index is 5.53. The zero-order valence-electron chi connectivity index (χ0n) is 8.20. The van der Waals surface area contributed by atoms with Gasteiger partial charge in [0.2, 0.25) is 0 Å². The molecule has 0 unspecified atom stereocenters. The van der Waals surface area contributed by atoms with Crippen LogP contribution in [0.2, 0.25) is 0 Å². The van der Waals surface area contributed by atoms with Crippen LogP contribution in [0.15, 0.2) is 0 Å². The molecule has 1 rings (SSSR count). The monoisotopic (exact) mass is 201 g/mol. The topological polar surface area (TPSA) is 61.0 Å². The number of nitrogens with two attached hydrogens (primary N) is 1. The van der Waals surface area contributed by atoms with Crippen molar-refractivity contribution in [2.24, 2.45) is 0 Å². The minimum absolute atomic E-state index is 0.353. The van der Waals surface area contributed by atoms with E-state index in [1.54, 1.807) is 7.11 Å². The summed E-state index contributed by atoms with van der Waals surface area (Å²) >= 11 is 1.21. The minimum atomic E-state index is -0.353. The molecule has 74 valence electrons. The Labute approximate surface area is 82.3 Å². The normalized spacial score (nSPS) is 11.9. The van der Waals surface area contributed by atoms with Crippen LogP contribution in [0.1, 0.15) is 32.5 Å². The smallest absolute Gasteiger partial charge is 0.200 e. The van der Waals surface area contributed by atoms with Gasteiger partial charge in [-0.15, -0.1) is 0 Å². The van der Waals surface area contributed by atoms with Gasteiger partial charge in [0.25, 0.3) is 0 Å². The lowest BCUT2D eigenvalue weighted by Crippen LogP contribution is -2.28. The van der Waals surface area contributed by atoms with Gasteiger partial charge in [-0.1, -0.05) is 13.8 Å². The summed E-state index contributed by atoms with van der Waals surface area (Å²) in [5.41, 5.74) is 5.18. The second-order valence-electron chi connectivity index (χ2n) is 2.86. The third-order valence-electron chi connectivity index (χ3n) is 2.38. The predicted molar refractivity (Wildman–Crippen MR) is 53.6 cm³/mol. The van der Waals surface area contributed by atoms with Gasteiger partial charge in [-0.2, -0.15) is 4.37 Å². The molecule has 0 spiro atoms. The van der Waals surface area contributed by atoms with Crippen molar-refractivity contribution in [2.75, 3.05) is 12.8 Å². The summed E-state index contributed by atoms with van der Waals surface area (Å²) in [5.74, 6) is 0.711. The second kappa shape index (κ2) is 4.02. The van der Waals surface area contributed by atoms with E-state index in [4.69, 9.17) is 10.5 Å². The first kappa shape index (κ1) is 10.4. The molecule has 0 amide bonds. The molecular weight excluding hydrogens is 186 g/mol. The fraction of sp³-hybridized carbons (Fsp3) is 0.750. The van der Waals surface area contributed by atoms with Gasteiger partial charge >= 0.3 is 0 Å². The van der Waals surface area contributed by atoms with Gasteiger partial charge in [0.15, 0.2) is 11.0 Å². The highest BCUT2D eigenvalue weighted by molar-refractivity contribution is 7.09. The molecule has 1 aromatic rings.